The highest BCUT2D eigenvalue weighted by Gasteiger charge is 2.16. The van der Waals surface area contributed by atoms with E-state index in [1.54, 1.807) is 11.8 Å². The second-order valence-electron chi connectivity index (χ2n) is 3.60. The molecule has 4 nitrogen and oxygen atoms in total. The third-order valence-electron chi connectivity index (χ3n) is 1.68. The number of aliphatic hydroxyl groups excluding tert-OH is 1. The summed E-state index contributed by atoms with van der Waals surface area (Å²) in [4.78, 5) is 11.0. The summed E-state index contributed by atoms with van der Waals surface area (Å²) < 4.78 is 0. The molecule has 0 aromatic carbocycles. The molecule has 84 valence electrons. The largest absolute Gasteiger partial charge is 0.395 e. The molecule has 14 heavy (non-hydrogen) atoms. The van der Waals surface area contributed by atoms with Crippen LogP contribution < -0.4 is 11.1 Å². The molecule has 0 aromatic heterocycles. The lowest BCUT2D eigenvalue weighted by molar-refractivity contribution is -0.119. The monoisotopic (exact) mass is 220 g/mol. The van der Waals surface area contributed by atoms with Gasteiger partial charge in [-0.1, -0.05) is 20.8 Å². The van der Waals surface area contributed by atoms with Crippen molar-refractivity contribution in [2.24, 2.45) is 5.73 Å². The summed E-state index contributed by atoms with van der Waals surface area (Å²) in [5, 5.41) is 12.0. The second kappa shape index (κ2) is 7.09. The summed E-state index contributed by atoms with van der Waals surface area (Å²) in [6.45, 7) is 5.97. The first-order valence-electron chi connectivity index (χ1n) is 4.75. The maximum Gasteiger partial charge on any atom is 0.235 e. The average Bonchev–Trinajstić information content (AvgIpc) is 2.10. The van der Waals surface area contributed by atoms with Crippen molar-refractivity contribution in [3.05, 3.63) is 0 Å². The van der Waals surface area contributed by atoms with Crippen molar-refractivity contribution in [2.75, 3.05) is 12.4 Å². The summed E-state index contributed by atoms with van der Waals surface area (Å²) >= 11 is 1.54. The Hall–Kier alpha value is -0.260. The van der Waals surface area contributed by atoms with Crippen LogP contribution in [0.25, 0.3) is 0 Å². The van der Waals surface area contributed by atoms with Crippen LogP contribution in [0.2, 0.25) is 0 Å². The molecule has 0 radical (unpaired) electrons. The highest BCUT2D eigenvalue weighted by atomic mass is 32.2. The number of carbonyl (C=O) groups is 1. The van der Waals surface area contributed by atoms with Crippen LogP contribution in [-0.2, 0) is 4.79 Å². The fourth-order valence-corrected chi connectivity index (χ4v) is 1.81. The SMILES string of the molecule is CC(C)NC(CSC(C)CO)C(N)=O. The summed E-state index contributed by atoms with van der Waals surface area (Å²) in [7, 11) is 0. The molecule has 0 saturated heterocycles. The minimum atomic E-state index is -0.337. The van der Waals surface area contributed by atoms with Gasteiger partial charge in [-0.15, -0.1) is 0 Å². The first-order chi connectivity index (χ1) is 6.47. The second-order valence-corrected chi connectivity index (χ2v) is 5.07. The quantitative estimate of drug-likeness (QED) is 0.562. The Kier molecular flexibility index (Phi) is 6.96. The molecular weight excluding hydrogens is 200 g/mol. The lowest BCUT2D eigenvalue weighted by Crippen LogP contribution is -2.46. The summed E-state index contributed by atoms with van der Waals surface area (Å²) in [5.74, 6) is 0.270. The zero-order chi connectivity index (χ0) is 11.1. The topological polar surface area (TPSA) is 75.3 Å². The smallest absolute Gasteiger partial charge is 0.235 e. The first-order valence-corrected chi connectivity index (χ1v) is 5.80. The molecule has 0 saturated carbocycles. The van der Waals surface area contributed by atoms with Crippen molar-refractivity contribution in [3.63, 3.8) is 0 Å². The van der Waals surface area contributed by atoms with Crippen LogP contribution in [0.1, 0.15) is 20.8 Å². The van der Waals surface area contributed by atoms with Crippen LogP contribution in [0, 0.1) is 0 Å². The molecule has 5 heteroatoms. The number of primary amides is 1. The van der Waals surface area contributed by atoms with Gasteiger partial charge in [-0.3, -0.25) is 4.79 Å². The van der Waals surface area contributed by atoms with E-state index in [1.165, 1.54) is 0 Å². The van der Waals surface area contributed by atoms with Crippen molar-refractivity contribution in [2.45, 2.75) is 38.1 Å². The third kappa shape index (κ3) is 6.23. The van der Waals surface area contributed by atoms with Gasteiger partial charge in [-0.25, -0.2) is 0 Å². The Morgan fingerprint density at radius 3 is 2.43 bits per heavy atom. The standard InChI is InChI=1S/C9H20N2O2S/c1-6(2)11-8(9(10)13)5-14-7(3)4-12/h6-8,11-12H,4-5H2,1-3H3,(H2,10,13). The summed E-state index contributed by atoms with van der Waals surface area (Å²) in [6.07, 6.45) is 0. The highest BCUT2D eigenvalue weighted by molar-refractivity contribution is 7.99. The van der Waals surface area contributed by atoms with Crippen molar-refractivity contribution in [3.8, 4) is 0 Å². The number of nitrogens with two attached hydrogens (primary N) is 1. The van der Waals surface area contributed by atoms with Gasteiger partial charge in [0, 0.05) is 17.0 Å². The van der Waals surface area contributed by atoms with E-state index in [2.05, 4.69) is 5.32 Å². The fraction of sp³-hybridized carbons (Fsp3) is 0.889. The Morgan fingerprint density at radius 1 is 1.50 bits per heavy atom. The van der Waals surface area contributed by atoms with Crippen LogP contribution >= 0.6 is 11.8 Å². The molecule has 2 atom stereocenters. The fourth-order valence-electron chi connectivity index (χ4n) is 0.928. The van der Waals surface area contributed by atoms with E-state index in [4.69, 9.17) is 10.8 Å². The van der Waals surface area contributed by atoms with Crippen LogP contribution in [0.4, 0.5) is 0 Å². The van der Waals surface area contributed by atoms with E-state index in [0.717, 1.165) is 0 Å². The molecule has 1 amide bonds. The number of carbonyl (C=O) groups excluding carboxylic acids is 1. The molecule has 0 aromatic rings. The van der Waals surface area contributed by atoms with Gasteiger partial charge in [0.25, 0.3) is 0 Å². The number of aliphatic hydroxyl groups is 1. The zero-order valence-electron chi connectivity index (χ0n) is 8.99. The normalized spacial score (nSPS) is 15.5. The van der Waals surface area contributed by atoms with E-state index >= 15 is 0 Å². The van der Waals surface area contributed by atoms with Crippen LogP contribution in [0.5, 0.6) is 0 Å². The van der Waals surface area contributed by atoms with Crippen molar-refractivity contribution >= 4 is 17.7 Å². The Balaban J connectivity index is 3.91. The van der Waals surface area contributed by atoms with Gasteiger partial charge in [-0.05, 0) is 0 Å². The molecule has 0 spiro atoms. The Labute approximate surface area is 89.6 Å². The summed E-state index contributed by atoms with van der Waals surface area (Å²) in [6, 6.07) is -0.0773. The number of amides is 1. The summed E-state index contributed by atoms with van der Waals surface area (Å²) in [5.41, 5.74) is 5.24. The third-order valence-corrected chi connectivity index (χ3v) is 2.93. The van der Waals surface area contributed by atoms with Gasteiger partial charge in [0.1, 0.15) is 0 Å². The lowest BCUT2D eigenvalue weighted by atomic mass is 10.3. The van der Waals surface area contributed by atoms with Crippen molar-refractivity contribution < 1.29 is 9.90 Å². The van der Waals surface area contributed by atoms with Crippen molar-refractivity contribution in [1.29, 1.82) is 0 Å². The molecule has 2 unspecified atom stereocenters. The number of nitrogens with one attached hydrogen (secondary N) is 1. The Morgan fingerprint density at radius 2 is 2.07 bits per heavy atom. The molecule has 0 aliphatic heterocycles. The minimum absolute atomic E-state index is 0.123. The lowest BCUT2D eigenvalue weighted by Gasteiger charge is -2.19. The molecule has 0 fully saturated rings. The molecule has 0 bridgehead atoms. The number of rotatable bonds is 7. The van der Waals surface area contributed by atoms with E-state index in [0.29, 0.717) is 5.75 Å². The van der Waals surface area contributed by atoms with E-state index in [-0.39, 0.29) is 29.8 Å². The highest BCUT2D eigenvalue weighted by Crippen LogP contribution is 2.11. The van der Waals surface area contributed by atoms with Gasteiger partial charge in [0.2, 0.25) is 5.91 Å². The van der Waals surface area contributed by atoms with E-state index in [9.17, 15) is 4.79 Å². The first kappa shape index (κ1) is 13.7. The Bertz CT molecular complexity index is 176. The predicted molar refractivity (Wildman–Crippen MR) is 60.3 cm³/mol. The maximum absolute atomic E-state index is 11.0. The van der Waals surface area contributed by atoms with Crippen molar-refractivity contribution in [1.82, 2.24) is 5.32 Å². The molecule has 0 aliphatic carbocycles. The minimum Gasteiger partial charge on any atom is -0.395 e. The average molecular weight is 220 g/mol. The van der Waals surface area contributed by atoms with E-state index < -0.39 is 0 Å². The van der Waals surface area contributed by atoms with Crippen LogP contribution in [0.3, 0.4) is 0 Å². The zero-order valence-corrected chi connectivity index (χ0v) is 9.80. The molecule has 0 heterocycles. The van der Waals surface area contributed by atoms with Gasteiger partial charge in [-0.2, -0.15) is 11.8 Å². The van der Waals surface area contributed by atoms with E-state index in [1.807, 2.05) is 20.8 Å². The number of hydrogen-bond donors (Lipinski definition) is 3. The molecule has 4 N–H and O–H groups in total. The number of hydrogen-bond acceptors (Lipinski definition) is 4. The molecular formula is C9H20N2O2S. The predicted octanol–water partition coefficient (Wildman–Crippen LogP) is -0.0477. The van der Waals surface area contributed by atoms with Gasteiger partial charge in [0.15, 0.2) is 0 Å². The van der Waals surface area contributed by atoms with Gasteiger partial charge in [0.05, 0.1) is 12.6 Å². The van der Waals surface area contributed by atoms with Crippen LogP contribution in [0.15, 0.2) is 0 Å². The van der Waals surface area contributed by atoms with Gasteiger partial charge < -0.3 is 16.2 Å². The molecule has 0 rings (SSSR count). The maximum atomic E-state index is 11.0. The molecule has 0 aliphatic rings. The van der Waals surface area contributed by atoms with Crippen LogP contribution in [-0.4, -0.2) is 40.7 Å². The number of thioether (sulfide) groups is 1. The van der Waals surface area contributed by atoms with Gasteiger partial charge >= 0.3 is 0 Å².